The molecule has 0 N–H and O–H groups in total. The van der Waals surface area contributed by atoms with Crippen LogP contribution in [0.4, 0.5) is 0 Å². The van der Waals surface area contributed by atoms with Gasteiger partial charge in [0.2, 0.25) is 0 Å². The monoisotopic (exact) mass is 836 g/mol. The summed E-state index contributed by atoms with van der Waals surface area (Å²) in [6, 6.07) is 0. The van der Waals surface area contributed by atoms with Crippen molar-refractivity contribution >= 4 is 11.9 Å². The maximum absolute atomic E-state index is 12.5. The molecular formula is C53H105NO5. The summed E-state index contributed by atoms with van der Waals surface area (Å²) < 4.78 is 17.9. The summed E-state index contributed by atoms with van der Waals surface area (Å²) in [5.41, 5.74) is 0. The van der Waals surface area contributed by atoms with Crippen LogP contribution in [0.5, 0.6) is 0 Å². The van der Waals surface area contributed by atoms with E-state index in [-0.39, 0.29) is 11.9 Å². The van der Waals surface area contributed by atoms with E-state index in [4.69, 9.17) is 14.2 Å². The van der Waals surface area contributed by atoms with Crippen LogP contribution in [0.25, 0.3) is 0 Å². The third-order valence-corrected chi connectivity index (χ3v) is 12.8. The highest BCUT2D eigenvalue weighted by atomic mass is 16.5. The molecule has 0 spiro atoms. The lowest BCUT2D eigenvalue weighted by molar-refractivity contribution is -0.146. The Labute approximate surface area is 369 Å². The van der Waals surface area contributed by atoms with Gasteiger partial charge >= 0.3 is 11.9 Å². The van der Waals surface area contributed by atoms with E-state index in [0.29, 0.717) is 44.0 Å². The number of nitrogens with zero attached hydrogens (tertiary/aromatic N) is 1. The number of esters is 2. The second-order valence-corrected chi connectivity index (χ2v) is 18.3. The van der Waals surface area contributed by atoms with E-state index in [0.717, 1.165) is 51.8 Å². The van der Waals surface area contributed by atoms with Crippen LogP contribution in [0.15, 0.2) is 0 Å². The third-order valence-electron chi connectivity index (χ3n) is 12.8. The zero-order valence-corrected chi connectivity index (χ0v) is 40.9. The van der Waals surface area contributed by atoms with Gasteiger partial charge in [0, 0.05) is 19.4 Å². The van der Waals surface area contributed by atoms with E-state index >= 15 is 0 Å². The first-order chi connectivity index (χ1) is 28.9. The first kappa shape index (κ1) is 57.9. The van der Waals surface area contributed by atoms with Gasteiger partial charge in [-0.3, -0.25) is 9.59 Å². The molecule has 0 heterocycles. The summed E-state index contributed by atoms with van der Waals surface area (Å²) in [7, 11) is 0. The standard InChI is InChI=1S/C53H105NO5/c1-7-13-27-37-49(38-28-14-8-2)47-52(55)58-45-34-25-21-17-19-23-31-41-51(57-44-36-33-43-54(11-5)12-6)42-32-24-20-18-22-26-35-46-59-53(56)48-50(39-29-15-9-3)40-30-16-10-4/h49-51H,7-48H2,1-6H3. The van der Waals surface area contributed by atoms with Crippen molar-refractivity contribution < 1.29 is 23.8 Å². The fourth-order valence-corrected chi connectivity index (χ4v) is 8.64. The first-order valence-electron chi connectivity index (χ1n) is 26.6. The Hall–Kier alpha value is -1.14. The average Bonchev–Trinajstić information content (AvgIpc) is 3.23. The van der Waals surface area contributed by atoms with Crippen LogP contribution in [-0.4, -0.2) is 62.4 Å². The largest absolute Gasteiger partial charge is 0.466 e. The Bertz CT molecular complexity index is 785. The van der Waals surface area contributed by atoms with Crippen LogP contribution < -0.4 is 0 Å². The van der Waals surface area contributed by atoms with Crippen molar-refractivity contribution in [3.05, 3.63) is 0 Å². The van der Waals surface area contributed by atoms with Gasteiger partial charge in [0.15, 0.2) is 0 Å². The molecule has 59 heavy (non-hydrogen) atoms. The molecule has 0 aromatic rings. The van der Waals surface area contributed by atoms with Crippen LogP contribution in [0, 0.1) is 11.8 Å². The minimum absolute atomic E-state index is 0.0318. The normalized spacial score (nSPS) is 11.8. The van der Waals surface area contributed by atoms with E-state index in [1.807, 2.05) is 0 Å². The molecule has 0 aliphatic heterocycles. The first-order valence-corrected chi connectivity index (χ1v) is 26.6. The molecule has 0 bridgehead atoms. The van der Waals surface area contributed by atoms with E-state index in [2.05, 4.69) is 46.4 Å². The van der Waals surface area contributed by atoms with Crippen LogP contribution in [-0.2, 0) is 23.8 Å². The van der Waals surface area contributed by atoms with Gasteiger partial charge in [0.1, 0.15) is 0 Å². The fraction of sp³-hybridized carbons (Fsp3) is 0.962. The molecule has 0 aromatic heterocycles. The lowest BCUT2D eigenvalue weighted by atomic mass is 9.92. The van der Waals surface area contributed by atoms with Crippen LogP contribution in [0.3, 0.4) is 0 Å². The molecule has 0 aliphatic rings. The number of ether oxygens (including phenoxy) is 3. The van der Waals surface area contributed by atoms with Gasteiger partial charge < -0.3 is 19.1 Å². The minimum atomic E-state index is 0.0318. The highest BCUT2D eigenvalue weighted by Gasteiger charge is 2.16. The summed E-state index contributed by atoms with van der Waals surface area (Å²) in [6.45, 7) is 19.1. The second-order valence-electron chi connectivity index (χ2n) is 18.3. The fourth-order valence-electron chi connectivity index (χ4n) is 8.64. The second kappa shape index (κ2) is 46.4. The molecule has 0 aliphatic carbocycles. The zero-order chi connectivity index (χ0) is 43.3. The van der Waals surface area contributed by atoms with E-state index < -0.39 is 0 Å². The van der Waals surface area contributed by atoms with Crippen LogP contribution in [0.1, 0.15) is 273 Å². The molecule has 0 amide bonds. The number of rotatable bonds is 48. The summed E-state index contributed by atoms with van der Waals surface area (Å²) in [5.74, 6) is 1.09. The molecule has 0 rings (SSSR count). The van der Waals surface area contributed by atoms with E-state index in [1.165, 1.54) is 193 Å². The molecule has 0 saturated heterocycles. The average molecular weight is 836 g/mol. The summed E-state index contributed by atoms with van der Waals surface area (Å²) in [4.78, 5) is 27.6. The van der Waals surface area contributed by atoms with Gasteiger partial charge in [-0.1, -0.05) is 196 Å². The molecule has 0 aromatic carbocycles. The summed E-state index contributed by atoms with van der Waals surface area (Å²) in [6.07, 6.45) is 43.2. The molecule has 0 radical (unpaired) electrons. The van der Waals surface area contributed by atoms with Crippen molar-refractivity contribution in [1.29, 1.82) is 0 Å². The lowest BCUT2D eigenvalue weighted by Gasteiger charge is -2.20. The molecule has 0 saturated carbocycles. The van der Waals surface area contributed by atoms with Crippen molar-refractivity contribution in [3.8, 4) is 0 Å². The lowest BCUT2D eigenvalue weighted by Crippen LogP contribution is -2.24. The van der Waals surface area contributed by atoms with E-state index in [9.17, 15) is 9.59 Å². The van der Waals surface area contributed by atoms with Crippen LogP contribution >= 0.6 is 0 Å². The Balaban J connectivity index is 4.26. The van der Waals surface area contributed by atoms with Gasteiger partial charge in [-0.25, -0.2) is 0 Å². The SMILES string of the molecule is CCCCCC(CCCCC)CC(=O)OCCCCCCCCCC(CCCCCCCCCOC(=O)CC(CCCCC)CCCCC)OCCCCN(CC)CC. The van der Waals surface area contributed by atoms with Gasteiger partial charge in [0.05, 0.1) is 19.3 Å². The number of carbonyl (C=O) groups is 2. The number of hydrogen-bond donors (Lipinski definition) is 0. The maximum atomic E-state index is 12.5. The molecule has 0 fully saturated rings. The predicted octanol–water partition coefficient (Wildman–Crippen LogP) is 16.2. The Morgan fingerprint density at radius 3 is 1.05 bits per heavy atom. The molecule has 352 valence electrons. The Kier molecular flexibility index (Phi) is 45.5. The van der Waals surface area contributed by atoms with Gasteiger partial charge in [0.25, 0.3) is 0 Å². The number of unbranched alkanes of at least 4 members (excludes halogenated alkanes) is 21. The maximum Gasteiger partial charge on any atom is 0.306 e. The smallest absolute Gasteiger partial charge is 0.306 e. The van der Waals surface area contributed by atoms with Crippen molar-refractivity contribution in [3.63, 3.8) is 0 Å². The quantitative estimate of drug-likeness (QED) is 0.0449. The minimum Gasteiger partial charge on any atom is -0.466 e. The molecule has 0 unspecified atom stereocenters. The van der Waals surface area contributed by atoms with Gasteiger partial charge in [-0.05, 0) is 95.7 Å². The third kappa shape index (κ3) is 40.7. The number of hydrogen-bond acceptors (Lipinski definition) is 6. The van der Waals surface area contributed by atoms with Gasteiger partial charge in [-0.15, -0.1) is 0 Å². The topological polar surface area (TPSA) is 65.1 Å². The van der Waals surface area contributed by atoms with Crippen molar-refractivity contribution in [1.82, 2.24) is 4.90 Å². The number of carbonyl (C=O) groups excluding carboxylic acids is 2. The molecule has 6 heteroatoms. The Morgan fingerprint density at radius 1 is 0.373 bits per heavy atom. The molecule has 6 nitrogen and oxygen atoms in total. The summed E-state index contributed by atoms with van der Waals surface area (Å²) >= 11 is 0. The van der Waals surface area contributed by atoms with Crippen molar-refractivity contribution in [2.45, 2.75) is 279 Å². The molecule has 0 atom stereocenters. The Morgan fingerprint density at radius 2 is 0.695 bits per heavy atom. The summed E-state index contributed by atoms with van der Waals surface area (Å²) in [5, 5.41) is 0. The highest BCUT2D eigenvalue weighted by molar-refractivity contribution is 5.70. The van der Waals surface area contributed by atoms with Gasteiger partial charge in [-0.2, -0.15) is 0 Å². The predicted molar refractivity (Wildman–Crippen MR) is 255 cm³/mol. The van der Waals surface area contributed by atoms with E-state index in [1.54, 1.807) is 0 Å². The highest BCUT2D eigenvalue weighted by Crippen LogP contribution is 2.23. The van der Waals surface area contributed by atoms with Crippen molar-refractivity contribution in [2.75, 3.05) is 39.5 Å². The zero-order valence-electron chi connectivity index (χ0n) is 40.9. The van der Waals surface area contributed by atoms with Crippen LogP contribution in [0.2, 0.25) is 0 Å². The molecular weight excluding hydrogens is 731 g/mol. The van der Waals surface area contributed by atoms with Crippen molar-refractivity contribution in [2.24, 2.45) is 11.8 Å².